The van der Waals surface area contributed by atoms with Gasteiger partial charge in [0, 0.05) is 32.3 Å². The molecule has 0 aromatic heterocycles. The number of piperazine rings is 1. The molecule has 0 saturated carbocycles. The molecule has 1 aliphatic heterocycles. The molecular weight excluding hydrogens is 508 g/mol. The molecule has 1 amide bonds. The Morgan fingerprint density at radius 1 is 1.03 bits per heavy atom. The van der Waals surface area contributed by atoms with Gasteiger partial charge in [-0.2, -0.15) is 4.31 Å². The fourth-order valence-corrected chi connectivity index (χ4v) is 5.80. The summed E-state index contributed by atoms with van der Waals surface area (Å²) < 4.78 is 42.9. The average molecular weight is 537 g/mol. The van der Waals surface area contributed by atoms with Crippen LogP contribution in [0.15, 0.2) is 41.3 Å². The highest BCUT2D eigenvalue weighted by molar-refractivity contribution is 7.89. The molecule has 0 unspecified atom stereocenters. The molecule has 36 heavy (non-hydrogen) atoms. The third-order valence-electron chi connectivity index (χ3n) is 5.75. The van der Waals surface area contributed by atoms with Crippen molar-refractivity contribution in [3.8, 4) is 11.5 Å². The van der Waals surface area contributed by atoms with Crippen LogP contribution in [-0.2, 0) is 24.3 Å². The molecule has 3 rings (SSSR count). The lowest BCUT2D eigenvalue weighted by atomic mass is 10.2. The van der Waals surface area contributed by atoms with Crippen LogP contribution in [0, 0.1) is 13.8 Å². The molecule has 0 radical (unpaired) electrons. The minimum atomic E-state index is -3.66. The van der Waals surface area contributed by atoms with Crippen molar-refractivity contribution in [3.63, 3.8) is 0 Å². The highest BCUT2D eigenvalue weighted by Gasteiger charge is 2.31. The van der Waals surface area contributed by atoms with E-state index in [4.69, 9.17) is 25.8 Å². The summed E-state index contributed by atoms with van der Waals surface area (Å²) in [4.78, 5) is 26.4. The number of halogens is 1. The van der Waals surface area contributed by atoms with Crippen molar-refractivity contribution < 1.29 is 32.2 Å². The van der Waals surface area contributed by atoms with Crippen molar-refractivity contribution >= 4 is 39.6 Å². The number of benzene rings is 2. The number of carbonyl (C=O) groups excluding carboxylic acids is 2. The van der Waals surface area contributed by atoms with Gasteiger partial charge in [-0.25, -0.2) is 13.2 Å². The maximum atomic E-state index is 13.0. The molecule has 0 N–H and O–H groups in total. The van der Waals surface area contributed by atoms with E-state index in [9.17, 15) is 18.0 Å². The lowest BCUT2D eigenvalue weighted by molar-refractivity contribution is -0.148. The van der Waals surface area contributed by atoms with Crippen molar-refractivity contribution in [2.24, 2.45) is 0 Å². The number of sulfonamides is 1. The standard InChI is InChI=1S/C25H29ClN2O7S/c1-17-5-7-22(18(2)13-17)36(31,32)28-11-9-27(10-12-28)23(29)16-35-24(30)8-6-19-14-20(26)25(34-4)21(15-19)33-3/h5-8,13-15H,9-12,16H2,1-4H3/b8-6+. The Labute approximate surface area is 216 Å². The van der Waals surface area contributed by atoms with Gasteiger partial charge in [0.2, 0.25) is 10.0 Å². The number of esters is 1. The Morgan fingerprint density at radius 3 is 2.33 bits per heavy atom. The summed E-state index contributed by atoms with van der Waals surface area (Å²) in [5.74, 6) is -0.307. The van der Waals surface area contributed by atoms with Crippen molar-refractivity contribution in [3.05, 3.63) is 58.1 Å². The Balaban J connectivity index is 1.52. The smallest absolute Gasteiger partial charge is 0.331 e. The SMILES string of the molecule is COc1cc(/C=C/C(=O)OCC(=O)N2CCN(S(=O)(=O)c3ccc(C)cc3C)CC2)cc(Cl)c1OC. The maximum absolute atomic E-state index is 13.0. The minimum absolute atomic E-state index is 0.162. The van der Waals surface area contributed by atoms with E-state index in [-0.39, 0.29) is 31.1 Å². The van der Waals surface area contributed by atoms with Gasteiger partial charge >= 0.3 is 5.97 Å². The molecule has 9 nitrogen and oxygen atoms in total. The molecule has 1 saturated heterocycles. The van der Waals surface area contributed by atoms with Crippen LogP contribution in [0.3, 0.4) is 0 Å². The van der Waals surface area contributed by atoms with Crippen LogP contribution in [0.4, 0.5) is 0 Å². The van der Waals surface area contributed by atoms with Crippen molar-refractivity contribution in [2.45, 2.75) is 18.7 Å². The molecule has 1 aliphatic rings. The minimum Gasteiger partial charge on any atom is -0.493 e. The van der Waals surface area contributed by atoms with E-state index in [1.54, 1.807) is 31.2 Å². The average Bonchev–Trinajstić information content (AvgIpc) is 2.85. The van der Waals surface area contributed by atoms with Crippen LogP contribution < -0.4 is 9.47 Å². The van der Waals surface area contributed by atoms with E-state index < -0.39 is 28.5 Å². The maximum Gasteiger partial charge on any atom is 0.331 e. The van der Waals surface area contributed by atoms with Crippen LogP contribution in [0.25, 0.3) is 6.08 Å². The highest BCUT2D eigenvalue weighted by atomic mass is 35.5. The van der Waals surface area contributed by atoms with Gasteiger partial charge in [-0.15, -0.1) is 0 Å². The summed E-state index contributed by atoms with van der Waals surface area (Å²) in [5.41, 5.74) is 2.25. The fraction of sp³-hybridized carbons (Fsp3) is 0.360. The number of hydrogen-bond acceptors (Lipinski definition) is 7. The van der Waals surface area contributed by atoms with Gasteiger partial charge in [-0.05, 0) is 49.2 Å². The fourth-order valence-electron chi connectivity index (χ4n) is 3.88. The third-order valence-corrected chi connectivity index (χ3v) is 8.08. The topological polar surface area (TPSA) is 102 Å². The monoisotopic (exact) mass is 536 g/mol. The number of aryl methyl sites for hydroxylation is 2. The summed E-state index contributed by atoms with van der Waals surface area (Å²) >= 11 is 6.16. The van der Waals surface area contributed by atoms with Crippen molar-refractivity contribution in [1.82, 2.24) is 9.21 Å². The molecule has 1 heterocycles. The van der Waals surface area contributed by atoms with Crippen LogP contribution in [-0.4, -0.2) is 76.5 Å². The number of nitrogens with zero attached hydrogens (tertiary/aromatic N) is 2. The number of hydrogen-bond donors (Lipinski definition) is 0. The van der Waals surface area contributed by atoms with Crippen molar-refractivity contribution in [2.75, 3.05) is 47.0 Å². The third kappa shape index (κ3) is 6.37. The Morgan fingerprint density at radius 2 is 1.72 bits per heavy atom. The van der Waals surface area contributed by atoms with E-state index in [2.05, 4.69) is 0 Å². The lowest BCUT2D eigenvalue weighted by Gasteiger charge is -2.34. The summed E-state index contributed by atoms with van der Waals surface area (Å²) in [7, 11) is -0.714. The molecule has 0 aliphatic carbocycles. The molecule has 2 aromatic rings. The first-order chi connectivity index (χ1) is 17.1. The number of ether oxygens (including phenoxy) is 3. The molecule has 2 aromatic carbocycles. The lowest BCUT2D eigenvalue weighted by Crippen LogP contribution is -2.51. The molecule has 0 atom stereocenters. The van der Waals surface area contributed by atoms with Gasteiger partial charge in [0.25, 0.3) is 5.91 Å². The van der Waals surface area contributed by atoms with Gasteiger partial charge < -0.3 is 19.1 Å². The largest absolute Gasteiger partial charge is 0.493 e. The van der Waals surface area contributed by atoms with E-state index in [0.29, 0.717) is 27.6 Å². The summed E-state index contributed by atoms with van der Waals surface area (Å²) in [5, 5.41) is 0.318. The van der Waals surface area contributed by atoms with Crippen LogP contribution >= 0.6 is 11.6 Å². The van der Waals surface area contributed by atoms with Gasteiger partial charge in [-0.1, -0.05) is 29.3 Å². The van der Waals surface area contributed by atoms with E-state index >= 15 is 0 Å². The first-order valence-electron chi connectivity index (χ1n) is 11.2. The van der Waals surface area contributed by atoms with E-state index in [0.717, 1.165) is 5.56 Å². The normalized spacial score (nSPS) is 14.6. The molecule has 0 bridgehead atoms. The Kier molecular flexibility index (Phi) is 8.99. The molecule has 194 valence electrons. The molecule has 0 spiro atoms. The summed E-state index contributed by atoms with van der Waals surface area (Å²) in [6.07, 6.45) is 2.66. The van der Waals surface area contributed by atoms with Gasteiger partial charge in [0.05, 0.1) is 24.1 Å². The first kappa shape index (κ1) is 27.5. The quantitative estimate of drug-likeness (QED) is 0.377. The second-order valence-corrected chi connectivity index (χ2v) is 10.5. The Hall–Kier alpha value is -3.08. The highest BCUT2D eigenvalue weighted by Crippen LogP contribution is 2.36. The summed E-state index contributed by atoms with van der Waals surface area (Å²) in [6.45, 7) is 3.97. The predicted molar refractivity (Wildman–Crippen MR) is 136 cm³/mol. The Bertz CT molecular complexity index is 1270. The van der Waals surface area contributed by atoms with Crippen LogP contribution in [0.5, 0.6) is 11.5 Å². The van der Waals surface area contributed by atoms with E-state index in [1.807, 2.05) is 13.0 Å². The van der Waals surface area contributed by atoms with E-state index in [1.165, 1.54) is 35.6 Å². The zero-order valence-electron chi connectivity index (χ0n) is 20.6. The summed E-state index contributed by atoms with van der Waals surface area (Å²) in [6, 6.07) is 8.45. The predicted octanol–water partition coefficient (Wildman–Crippen LogP) is 3.06. The number of rotatable bonds is 8. The van der Waals surface area contributed by atoms with Crippen molar-refractivity contribution in [1.29, 1.82) is 0 Å². The number of carbonyl (C=O) groups is 2. The molecular formula is C25H29ClN2O7S. The second-order valence-electron chi connectivity index (χ2n) is 8.23. The van der Waals surface area contributed by atoms with Crippen LogP contribution in [0.2, 0.25) is 5.02 Å². The molecule has 11 heteroatoms. The number of amides is 1. The zero-order chi connectivity index (χ0) is 26.5. The molecule has 1 fully saturated rings. The van der Waals surface area contributed by atoms with Gasteiger partial charge in [0.15, 0.2) is 18.1 Å². The number of methoxy groups -OCH3 is 2. The second kappa shape index (κ2) is 11.8. The van der Waals surface area contributed by atoms with Gasteiger partial charge in [-0.3, -0.25) is 4.79 Å². The van der Waals surface area contributed by atoms with Crippen LogP contribution in [0.1, 0.15) is 16.7 Å². The van der Waals surface area contributed by atoms with Gasteiger partial charge in [0.1, 0.15) is 0 Å². The zero-order valence-corrected chi connectivity index (χ0v) is 22.2. The first-order valence-corrected chi connectivity index (χ1v) is 13.0.